The maximum absolute atomic E-state index is 10.2. The van der Waals surface area contributed by atoms with E-state index in [9.17, 15) is 4.79 Å². The van der Waals surface area contributed by atoms with Crippen molar-refractivity contribution in [3.63, 3.8) is 0 Å². The largest absolute Gasteiger partial charge is 0.508 e. The summed E-state index contributed by atoms with van der Waals surface area (Å²) in [5, 5.41) is 50.8. The molecule has 5 heterocycles. The van der Waals surface area contributed by atoms with Crippen LogP contribution in [0.15, 0.2) is 24.3 Å². The number of aromatic carboxylic acids is 1. The van der Waals surface area contributed by atoms with Crippen LogP contribution in [0.4, 0.5) is 0 Å². The molecule has 51 heavy (non-hydrogen) atoms. The van der Waals surface area contributed by atoms with E-state index in [1.54, 1.807) is 0 Å². The van der Waals surface area contributed by atoms with E-state index in [1.807, 2.05) is 0 Å². The minimum atomic E-state index is -0.986. The number of nitrogens with one attached hydrogen (secondary N) is 8. The fourth-order valence-corrected chi connectivity index (χ4v) is 12.3. The molecular formula is C39H61N8NiO3-. The number of hydrogen-bond donors (Lipinski definition) is 10. The van der Waals surface area contributed by atoms with Gasteiger partial charge in [-0.3, -0.25) is 42.5 Å². The van der Waals surface area contributed by atoms with E-state index < -0.39 is 5.97 Å². The monoisotopic (exact) mass is 747 g/mol. The van der Waals surface area contributed by atoms with Gasteiger partial charge in [0.05, 0.1) is 48.7 Å². The summed E-state index contributed by atoms with van der Waals surface area (Å²) in [6.07, 6.45) is 26.4. The Hall–Kier alpha value is -1.34. The molecule has 9 fully saturated rings. The van der Waals surface area contributed by atoms with E-state index in [2.05, 4.69) is 49.0 Å². The average molecular weight is 749 g/mol. The van der Waals surface area contributed by atoms with Crippen molar-refractivity contribution in [2.45, 2.75) is 146 Å². The number of rotatable bonds is 1. The van der Waals surface area contributed by atoms with Crippen LogP contribution in [0.25, 0.3) is 0 Å². The van der Waals surface area contributed by atoms with Crippen LogP contribution in [-0.2, 0) is 16.5 Å². The molecule has 11 nitrogen and oxygen atoms in total. The SMILES string of the molecule is O=C(O)c1ccc(O)cc1.[CH-]1CCCC2C3NC(NC4NC(NC5NC(NC6NC(N3)C3CCCCC63)C3CCCCC53)C3CCCCC43)C12.[Ni]. The van der Waals surface area contributed by atoms with Crippen LogP contribution < -0.4 is 42.5 Å². The van der Waals surface area contributed by atoms with Crippen LogP contribution >= 0.6 is 0 Å². The molecule has 16 atom stereocenters. The van der Waals surface area contributed by atoms with Crippen molar-refractivity contribution in [2.24, 2.45) is 47.3 Å². The molecule has 286 valence electrons. The van der Waals surface area contributed by atoms with Gasteiger partial charge >= 0.3 is 5.97 Å². The third-order valence-electron chi connectivity index (χ3n) is 14.7. The van der Waals surface area contributed by atoms with Gasteiger partial charge in [-0.25, -0.2) is 4.79 Å². The molecule has 12 heteroatoms. The molecular weight excluding hydrogens is 687 g/mol. The van der Waals surface area contributed by atoms with Gasteiger partial charge in [0.2, 0.25) is 0 Å². The fraction of sp³-hybridized carbons (Fsp3) is 0.795. The molecule has 9 aliphatic rings. The van der Waals surface area contributed by atoms with Crippen LogP contribution in [0.2, 0.25) is 0 Å². The van der Waals surface area contributed by atoms with Crippen molar-refractivity contribution in [2.75, 3.05) is 0 Å². The Balaban J connectivity index is 0.000000297. The fourth-order valence-electron chi connectivity index (χ4n) is 12.3. The van der Waals surface area contributed by atoms with E-state index >= 15 is 0 Å². The maximum atomic E-state index is 10.2. The Morgan fingerprint density at radius 2 is 0.804 bits per heavy atom. The minimum Gasteiger partial charge on any atom is -0.508 e. The summed E-state index contributed by atoms with van der Waals surface area (Å²) in [6, 6.07) is 5.36. The number of aromatic hydroxyl groups is 1. The third kappa shape index (κ3) is 7.28. The van der Waals surface area contributed by atoms with Gasteiger partial charge in [-0.05, 0) is 104 Å². The van der Waals surface area contributed by atoms with Gasteiger partial charge < -0.3 is 16.6 Å². The summed E-state index contributed by atoms with van der Waals surface area (Å²) in [4.78, 5) is 10.2. The molecule has 0 spiro atoms. The quantitative estimate of drug-likeness (QED) is 0.152. The number of carboxylic acids is 1. The van der Waals surface area contributed by atoms with E-state index in [-0.39, 0.29) is 27.8 Å². The maximum Gasteiger partial charge on any atom is 0.335 e. The van der Waals surface area contributed by atoms with Crippen LogP contribution in [0.3, 0.4) is 0 Å². The average Bonchev–Trinajstić information content (AvgIpc) is 3.88. The Bertz CT molecular complexity index is 1130. The topological polar surface area (TPSA) is 154 Å². The second kappa shape index (κ2) is 15.8. The minimum absolute atomic E-state index is 0. The van der Waals surface area contributed by atoms with Gasteiger partial charge in [0.15, 0.2) is 0 Å². The number of phenolic OH excluding ortho intramolecular Hbond substituents is 1. The molecule has 4 aliphatic carbocycles. The van der Waals surface area contributed by atoms with E-state index in [1.165, 1.54) is 121 Å². The number of fused-ring (bicyclic) bond motifs is 20. The molecule has 16 unspecified atom stereocenters. The van der Waals surface area contributed by atoms with Gasteiger partial charge in [0.1, 0.15) is 5.75 Å². The summed E-state index contributed by atoms with van der Waals surface area (Å²) in [5.74, 6) is 4.83. The Kier molecular flexibility index (Phi) is 11.3. The van der Waals surface area contributed by atoms with Crippen molar-refractivity contribution >= 4 is 5.97 Å². The summed E-state index contributed by atoms with van der Waals surface area (Å²) < 4.78 is 0. The number of hydrogen-bond acceptors (Lipinski definition) is 10. The van der Waals surface area contributed by atoms with Gasteiger partial charge in [0, 0.05) is 22.7 Å². The number of carboxylic acid groups (broad SMARTS) is 1. The normalized spacial score (nSPS) is 47.0. The molecule has 5 aliphatic heterocycles. The molecule has 8 bridgehead atoms. The standard InChI is InChI=1S/C32H55N8.C7H6O3.Ni/c1-2-10-18-17(9-1)25-33-26(18)38-28-21-13-5-6-14-22(21)30(35-28)40-32-24-16-8-7-15-23(24)31(36-32)39-29-20-12-4-3-11-19(20)27(34-29)37-25;8-6-3-1-5(2-4-6)7(9)10;/h9,17-40H,1-8,10-16H2;1-4,8H,(H,9,10);/q-1;;. The molecule has 0 radical (unpaired) electrons. The first-order chi connectivity index (χ1) is 24.5. The van der Waals surface area contributed by atoms with Crippen molar-refractivity contribution in [1.82, 2.24) is 42.5 Å². The van der Waals surface area contributed by atoms with E-state index in [4.69, 9.17) is 10.2 Å². The van der Waals surface area contributed by atoms with Crippen molar-refractivity contribution in [3.05, 3.63) is 36.2 Å². The Labute approximate surface area is 314 Å². The van der Waals surface area contributed by atoms with Crippen LogP contribution in [0, 0.1) is 53.8 Å². The van der Waals surface area contributed by atoms with Gasteiger partial charge in [-0.2, -0.15) is 6.42 Å². The number of carbonyl (C=O) groups is 1. The Morgan fingerprint density at radius 3 is 1.16 bits per heavy atom. The predicted octanol–water partition coefficient (Wildman–Crippen LogP) is 3.51. The van der Waals surface area contributed by atoms with Crippen LogP contribution in [0.5, 0.6) is 5.75 Å². The summed E-state index contributed by atoms with van der Waals surface area (Å²) in [7, 11) is 0. The van der Waals surface area contributed by atoms with E-state index in [0.717, 1.165) is 35.5 Å². The van der Waals surface area contributed by atoms with Gasteiger partial charge in [0.25, 0.3) is 0 Å². The Morgan fingerprint density at radius 1 is 0.490 bits per heavy atom. The van der Waals surface area contributed by atoms with Crippen molar-refractivity contribution in [1.29, 1.82) is 0 Å². The zero-order valence-corrected chi connectivity index (χ0v) is 30.8. The smallest absolute Gasteiger partial charge is 0.335 e. The van der Waals surface area contributed by atoms with Crippen LogP contribution in [-0.4, -0.2) is 65.5 Å². The summed E-state index contributed by atoms with van der Waals surface area (Å²) in [5.41, 5.74) is 0.179. The van der Waals surface area contributed by atoms with Gasteiger partial charge in [-0.15, -0.1) is 5.92 Å². The zero-order valence-electron chi connectivity index (χ0n) is 29.8. The summed E-state index contributed by atoms with van der Waals surface area (Å²) in [6.45, 7) is 0. The van der Waals surface area contributed by atoms with Crippen molar-refractivity contribution in [3.8, 4) is 5.75 Å². The zero-order chi connectivity index (χ0) is 33.8. The second-order valence-corrected chi connectivity index (χ2v) is 17.3. The molecule has 5 saturated heterocycles. The first-order valence-corrected chi connectivity index (χ1v) is 20.4. The third-order valence-corrected chi connectivity index (χ3v) is 14.7. The second-order valence-electron chi connectivity index (χ2n) is 17.3. The molecule has 10 rings (SSSR count). The molecule has 0 amide bonds. The van der Waals surface area contributed by atoms with Crippen LogP contribution in [0.1, 0.15) is 107 Å². The van der Waals surface area contributed by atoms with E-state index in [0.29, 0.717) is 61.2 Å². The first kappa shape index (κ1) is 36.6. The number of phenols is 1. The summed E-state index contributed by atoms with van der Waals surface area (Å²) >= 11 is 0. The molecule has 1 aromatic rings. The van der Waals surface area contributed by atoms with Gasteiger partial charge in [-0.1, -0.05) is 51.4 Å². The van der Waals surface area contributed by atoms with Crippen molar-refractivity contribution < 1.29 is 31.5 Å². The molecule has 10 N–H and O–H groups in total. The predicted molar refractivity (Wildman–Crippen MR) is 192 cm³/mol. The molecule has 4 saturated carbocycles. The number of benzene rings is 1. The molecule has 1 aromatic carbocycles. The first-order valence-electron chi connectivity index (χ1n) is 20.4. The molecule has 0 aromatic heterocycles.